The largest absolute Gasteiger partial charge is 0.468 e. The number of methoxy groups -OCH3 is 1. The summed E-state index contributed by atoms with van der Waals surface area (Å²) in [5.41, 5.74) is 1.74. The Morgan fingerprint density at radius 1 is 1.53 bits per heavy atom. The number of carbonyl (C=O) groups is 1. The Labute approximate surface area is 105 Å². The number of hydrogen-bond donors (Lipinski definition) is 1. The topological polar surface area (TPSA) is 51.2 Å². The maximum atomic E-state index is 11.8. The van der Waals surface area contributed by atoms with Crippen LogP contribution in [0, 0.1) is 0 Å². The highest BCUT2D eigenvalue weighted by atomic mass is 32.1. The quantitative estimate of drug-likeness (QED) is 0.838. The third kappa shape index (κ3) is 3.26. The molecule has 1 saturated carbocycles. The summed E-state index contributed by atoms with van der Waals surface area (Å²) in [6, 6.07) is 0.0746. The normalized spacial score (nSPS) is 18.9. The lowest BCUT2D eigenvalue weighted by Crippen LogP contribution is -2.38. The van der Waals surface area contributed by atoms with E-state index in [1.54, 1.807) is 11.7 Å². The van der Waals surface area contributed by atoms with Gasteiger partial charge in [-0.05, 0) is 12.8 Å². The van der Waals surface area contributed by atoms with Crippen molar-refractivity contribution in [2.45, 2.75) is 44.2 Å². The summed E-state index contributed by atoms with van der Waals surface area (Å²) < 4.78 is 4.86. The molecule has 1 aliphatic rings. The Bertz CT molecular complexity index is 347. The lowest BCUT2D eigenvalue weighted by Gasteiger charge is -2.26. The predicted octanol–water partition coefficient (Wildman–Crippen LogP) is 2.28. The highest BCUT2D eigenvalue weighted by Crippen LogP contribution is 2.24. The number of esters is 1. The van der Waals surface area contributed by atoms with Crippen LogP contribution in [0.1, 0.15) is 43.0 Å². The molecule has 1 aromatic rings. The average Bonchev–Trinajstić information content (AvgIpc) is 2.90. The molecule has 94 valence electrons. The van der Waals surface area contributed by atoms with E-state index < -0.39 is 0 Å². The minimum absolute atomic E-state index is 0.222. The van der Waals surface area contributed by atoms with Crippen molar-refractivity contribution in [2.75, 3.05) is 7.11 Å². The van der Waals surface area contributed by atoms with Crippen molar-refractivity contribution in [3.8, 4) is 0 Å². The molecule has 0 spiro atoms. The molecule has 17 heavy (non-hydrogen) atoms. The molecule has 4 nitrogen and oxygen atoms in total. The first-order chi connectivity index (χ1) is 8.31. The standard InChI is InChI=1S/C12H18N2O2S/c1-16-12(15)11(10-7-13-8-17-10)14-9-5-3-2-4-6-9/h7-9,11,14H,2-6H2,1H3. The molecule has 1 atom stereocenters. The van der Waals surface area contributed by atoms with Gasteiger partial charge in [0.2, 0.25) is 0 Å². The number of thiazole rings is 1. The summed E-state index contributed by atoms with van der Waals surface area (Å²) in [6.45, 7) is 0. The number of rotatable bonds is 4. The van der Waals surface area contributed by atoms with Crippen molar-refractivity contribution in [3.63, 3.8) is 0 Å². The van der Waals surface area contributed by atoms with E-state index in [4.69, 9.17) is 4.74 Å². The van der Waals surface area contributed by atoms with E-state index in [0.717, 1.165) is 17.7 Å². The summed E-state index contributed by atoms with van der Waals surface area (Å²) in [7, 11) is 1.43. The fourth-order valence-electron chi connectivity index (χ4n) is 2.26. The zero-order valence-electron chi connectivity index (χ0n) is 10.0. The van der Waals surface area contributed by atoms with Gasteiger partial charge < -0.3 is 4.74 Å². The number of nitrogens with one attached hydrogen (secondary N) is 1. The fourth-order valence-corrected chi connectivity index (χ4v) is 2.92. The van der Waals surface area contributed by atoms with Crippen LogP contribution in [-0.4, -0.2) is 24.1 Å². The van der Waals surface area contributed by atoms with Crippen LogP contribution >= 0.6 is 11.3 Å². The van der Waals surface area contributed by atoms with Crippen molar-refractivity contribution >= 4 is 17.3 Å². The minimum Gasteiger partial charge on any atom is -0.468 e. The Balaban J connectivity index is 2.02. The molecule has 1 unspecified atom stereocenters. The van der Waals surface area contributed by atoms with Crippen molar-refractivity contribution in [1.82, 2.24) is 10.3 Å². The van der Waals surface area contributed by atoms with Crippen LogP contribution < -0.4 is 5.32 Å². The van der Waals surface area contributed by atoms with Gasteiger partial charge in [-0.3, -0.25) is 10.3 Å². The van der Waals surface area contributed by atoms with Crippen molar-refractivity contribution in [2.24, 2.45) is 0 Å². The molecule has 1 aromatic heterocycles. The molecule has 2 rings (SSSR count). The third-order valence-corrected chi connectivity index (χ3v) is 4.02. The predicted molar refractivity (Wildman–Crippen MR) is 66.9 cm³/mol. The van der Waals surface area contributed by atoms with Crippen molar-refractivity contribution < 1.29 is 9.53 Å². The van der Waals surface area contributed by atoms with Crippen LogP contribution in [0.3, 0.4) is 0 Å². The fraction of sp³-hybridized carbons (Fsp3) is 0.667. The van der Waals surface area contributed by atoms with Crippen LogP contribution in [0.4, 0.5) is 0 Å². The zero-order valence-corrected chi connectivity index (χ0v) is 10.8. The number of ether oxygens (including phenoxy) is 1. The highest BCUT2D eigenvalue weighted by molar-refractivity contribution is 7.09. The number of aromatic nitrogens is 1. The van der Waals surface area contributed by atoms with E-state index in [0.29, 0.717) is 6.04 Å². The second-order valence-corrected chi connectivity index (χ2v) is 5.28. The van der Waals surface area contributed by atoms with Crippen molar-refractivity contribution in [1.29, 1.82) is 0 Å². The Hall–Kier alpha value is -0.940. The molecule has 1 heterocycles. The lowest BCUT2D eigenvalue weighted by molar-refractivity contribution is -0.143. The molecule has 0 aromatic carbocycles. The molecule has 0 saturated heterocycles. The maximum absolute atomic E-state index is 11.8. The monoisotopic (exact) mass is 254 g/mol. The van der Waals surface area contributed by atoms with Gasteiger partial charge in [-0.25, -0.2) is 4.79 Å². The van der Waals surface area contributed by atoms with E-state index in [2.05, 4.69) is 10.3 Å². The first-order valence-electron chi connectivity index (χ1n) is 6.03. The summed E-state index contributed by atoms with van der Waals surface area (Å²) in [4.78, 5) is 16.7. The van der Waals surface area contributed by atoms with E-state index in [9.17, 15) is 4.79 Å². The zero-order chi connectivity index (χ0) is 12.1. The molecular formula is C12H18N2O2S. The van der Waals surface area contributed by atoms with Crippen LogP contribution in [0.15, 0.2) is 11.7 Å². The smallest absolute Gasteiger partial charge is 0.328 e. The molecular weight excluding hydrogens is 236 g/mol. The Morgan fingerprint density at radius 2 is 2.29 bits per heavy atom. The molecule has 1 fully saturated rings. The molecule has 5 heteroatoms. The van der Waals surface area contributed by atoms with E-state index in [1.165, 1.54) is 37.7 Å². The lowest BCUT2D eigenvalue weighted by atomic mass is 9.95. The molecule has 1 N–H and O–H groups in total. The molecule has 0 bridgehead atoms. The van der Waals surface area contributed by atoms with Gasteiger partial charge in [-0.1, -0.05) is 19.3 Å². The van der Waals surface area contributed by atoms with Gasteiger partial charge in [-0.15, -0.1) is 11.3 Å². The van der Waals surface area contributed by atoms with Gasteiger partial charge in [0.1, 0.15) is 6.04 Å². The number of nitrogens with zero attached hydrogens (tertiary/aromatic N) is 1. The molecule has 1 aliphatic carbocycles. The minimum atomic E-state index is -0.351. The second-order valence-electron chi connectivity index (χ2n) is 4.36. The van der Waals surface area contributed by atoms with Gasteiger partial charge >= 0.3 is 5.97 Å². The van der Waals surface area contributed by atoms with Gasteiger partial charge in [0.25, 0.3) is 0 Å². The first-order valence-corrected chi connectivity index (χ1v) is 6.91. The molecule has 0 radical (unpaired) electrons. The van der Waals surface area contributed by atoms with Gasteiger partial charge in [0, 0.05) is 12.2 Å². The molecule has 0 amide bonds. The molecule has 0 aliphatic heterocycles. The summed E-state index contributed by atoms with van der Waals surface area (Å²) in [5, 5.41) is 3.40. The first kappa shape index (κ1) is 12.5. The van der Waals surface area contributed by atoms with E-state index in [-0.39, 0.29) is 12.0 Å². The van der Waals surface area contributed by atoms with Gasteiger partial charge in [0.15, 0.2) is 0 Å². The second kappa shape index (κ2) is 6.12. The van der Waals surface area contributed by atoms with Gasteiger partial charge in [-0.2, -0.15) is 0 Å². The van der Waals surface area contributed by atoms with Crippen molar-refractivity contribution in [3.05, 3.63) is 16.6 Å². The number of hydrogen-bond acceptors (Lipinski definition) is 5. The van der Waals surface area contributed by atoms with Crippen LogP contribution in [0.2, 0.25) is 0 Å². The summed E-state index contributed by atoms with van der Waals surface area (Å²) in [5.74, 6) is -0.222. The Morgan fingerprint density at radius 3 is 2.88 bits per heavy atom. The van der Waals surface area contributed by atoms with E-state index >= 15 is 0 Å². The van der Waals surface area contributed by atoms with Gasteiger partial charge in [0.05, 0.1) is 17.5 Å². The Kier molecular flexibility index (Phi) is 4.50. The maximum Gasteiger partial charge on any atom is 0.328 e. The van der Waals surface area contributed by atoms with Crippen LogP contribution in [0.5, 0.6) is 0 Å². The number of carbonyl (C=O) groups excluding carboxylic acids is 1. The highest BCUT2D eigenvalue weighted by Gasteiger charge is 2.26. The average molecular weight is 254 g/mol. The SMILES string of the molecule is COC(=O)C(NC1CCCCC1)c1cncs1. The summed E-state index contributed by atoms with van der Waals surface area (Å²) in [6.07, 6.45) is 7.82. The summed E-state index contributed by atoms with van der Waals surface area (Å²) >= 11 is 1.49. The van der Waals surface area contributed by atoms with E-state index in [1.807, 2.05) is 0 Å². The van der Waals surface area contributed by atoms with Crippen LogP contribution in [0.25, 0.3) is 0 Å². The van der Waals surface area contributed by atoms with Crippen LogP contribution in [-0.2, 0) is 9.53 Å². The third-order valence-electron chi connectivity index (χ3n) is 3.18.